The monoisotopic (exact) mass is 207 g/mol. The van der Waals surface area contributed by atoms with E-state index < -0.39 is 5.97 Å². The fourth-order valence-corrected chi connectivity index (χ4v) is 1.27. The molecule has 1 heterocycles. The second-order valence-corrected chi connectivity index (χ2v) is 3.00. The minimum absolute atomic E-state index is 0.201. The molecule has 15 heavy (non-hydrogen) atoms. The van der Waals surface area contributed by atoms with Crippen molar-refractivity contribution in [1.82, 2.24) is 15.0 Å². The minimum Gasteiger partial charge on any atom is -0.478 e. The fraction of sp³-hybridized carbons (Fsp3) is 0.222. The Hall–Kier alpha value is -1.95. The molecule has 2 aromatic rings. The zero-order chi connectivity index (χ0) is 10.8. The number of nitrogens with zero attached hydrogens (tertiary/aromatic N) is 3. The molecule has 1 aromatic carbocycles. The van der Waals surface area contributed by atoms with E-state index >= 15 is 0 Å². The standard InChI is InChI=1S/C9H9N3O3/c1-15-5-12-10-7-3-2-6(9(13)14)4-8(7)11-12/h2-4H,5H2,1H3,(H,13,14). The van der Waals surface area contributed by atoms with Crippen LogP contribution in [0.3, 0.4) is 0 Å². The van der Waals surface area contributed by atoms with Crippen molar-refractivity contribution in [2.45, 2.75) is 6.73 Å². The summed E-state index contributed by atoms with van der Waals surface area (Å²) in [6.07, 6.45) is 0. The molecule has 0 saturated heterocycles. The van der Waals surface area contributed by atoms with E-state index in [1.807, 2.05) is 0 Å². The average molecular weight is 207 g/mol. The second kappa shape index (κ2) is 3.66. The first-order valence-corrected chi connectivity index (χ1v) is 4.28. The van der Waals surface area contributed by atoms with E-state index in [0.29, 0.717) is 11.0 Å². The maximum absolute atomic E-state index is 10.7. The van der Waals surface area contributed by atoms with Crippen LogP contribution in [0.5, 0.6) is 0 Å². The number of carboxylic acids is 1. The predicted molar refractivity (Wildman–Crippen MR) is 51.5 cm³/mol. The Bertz CT molecular complexity index is 506. The average Bonchev–Trinajstić information content (AvgIpc) is 2.59. The summed E-state index contributed by atoms with van der Waals surface area (Å²) in [4.78, 5) is 12.1. The van der Waals surface area contributed by atoms with Gasteiger partial charge in [-0.15, -0.1) is 0 Å². The molecule has 2 rings (SSSR count). The van der Waals surface area contributed by atoms with Crippen LogP contribution in [0.2, 0.25) is 0 Å². The number of methoxy groups -OCH3 is 1. The van der Waals surface area contributed by atoms with E-state index in [1.54, 1.807) is 6.07 Å². The largest absolute Gasteiger partial charge is 0.478 e. The summed E-state index contributed by atoms with van der Waals surface area (Å²) in [6.45, 7) is 0.247. The van der Waals surface area contributed by atoms with Gasteiger partial charge in [-0.1, -0.05) is 0 Å². The summed E-state index contributed by atoms with van der Waals surface area (Å²) in [7, 11) is 1.54. The van der Waals surface area contributed by atoms with Gasteiger partial charge in [0.2, 0.25) is 0 Å². The van der Waals surface area contributed by atoms with Gasteiger partial charge in [0.1, 0.15) is 11.0 Å². The number of aromatic nitrogens is 3. The molecule has 0 aliphatic heterocycles. The molecule has 0 amide bonds. The Morgan fingerprint density at radius 1 is 1.47 bits per heavy atom. The van der Waals surface area contributed by atoms with Crippen LogP contribution in [0.1, 0.15) is 10.4 Å². The van der Waals surface area contributed by atoms with E-state index in [9.17, 15) is 4.79 Å². The lowest BCUT2D eigenvalue weighted by atomic mass is 10.2. The number of benzene rings is 1. The van der Waals surface area contributed by atoms with Crippen LogP contribution in [-0.2, 0) is 11.5 Å². The highest BCUT2D eigenvalue weighted by Gasteiger charge is 2.07. The third-order valence-electron chi connectivity index (χ3n) is 1.91. The van der Waals surface area contributed by atoms with Crippen LogP contribution in [0.4, 0.5) is 0 Å². The zero-order valence-electron chi connectivity index (χ0n) is 8.04. The molecule has 1 N–H and O–H groups in total. The van der Waals surface area contributed by atoms with E-state index in [2.05, 4.69) is 10.2 Å². The molecule has 0 spiro atoms. The molecular formula is C9H9N3O3. The lowest BCUT2D eigenvalue weighted by Crippen LogP contribution is -2.03. The summed E-state index contributed by atoms with van der Waals surface area (Å²) in [5.74, 6) is -0.974. The van der Waals surface area contributed by atoms with Crippen molar-refractivity contribution < 1.29 is 14.6 Å². The molecule has 0 saturated carbocycles. The summed E-state index contributed by atoms with van der Waals surface area (Å²) in [5.41, 5.74) is 1.40. The van der Waals surface area contributed by atoms with Gasteiger partial charge in [-0.25, -0.2) is 4.79 Å². The van der Waals surface area contributed by atoms with Gasteiger partial charge < -0.3 is 9.84 Å². The fourth-order valence-electron chi connectivity index (χ4n) is 1.27. The van der Waals surface area contributed by atoms with E-state index in [1.165, 1.54) is 24.0 Å². The van der Waals surface area contributed by atoms with Gasteiger partial charge in [0.25, 0.3) is 0 Å². The number of carboxylic acid groups (broad SMARTS) is 1. The van der Waals surface area contributed by atoms with Crippen LogP contribution in [-0.4, -0.2) is 33.2 Å². The molecule has 0 bridgehead atoms. The number of fused-ring (bicyclic) bond motifs is 1. The number of hydrogen-bond acceptors (Lipinski definition) is 4. The Morgan fingerprint density at radius 3 is 2.87 bits per heavy atom. The molecule has 0 fully saturated rings. The van der Waals surface area contributed by atoms with Gasteiger partial charge >= 0.3 is 5.97 Å². The summed E-state index contributed by atoms with van der Waals surface area (Å²) in [6, 6.07) is 4.60. The van der Waals surface area contributed by atoms with Crippen LogP contribution in [0.25, 0.3) is 11.0 Å². The van der Waals surface area contributed by atoms with Gasteiger partial charge in [0.15, 0.2) is 6.73 Å². The summed E-state index contributed by atoms with van der Waals surface area (Å²) in [5, 5.41) is 16.9. The zero-order valence-corrected chi connectivity index (χ0v) is 8.04. The van der Waals surface area contributed by atoms with Gasteiger partial charge in [0.05, 0.1) is 5.56 Å². The van der Waals surface area contributed by atoms with Crippen molar-refractivity contribution in [3.63, 3.8) is 0 Å². The Labute approximate surface area is 85.1 Å². The molecule has 78 valence electrons. The van der Waals surface area contributed by atoms with E-state index in [4.69, 9.17) is 9.84 Å². The van der Waals surface area contributed by atoms with Crippen molar-refractivity contribution in [2.24, 2.45) is 0 Å². The number of ether oxygens (including phenoxy) is 1. The first-order valence-electron chi connectivity index (χ1n) is 4.28. The Balaban J connectivity index is 2.47. The molecule has 6 nitrogen and oxygen atoms in total. The van der Waals surface area contributed by atoms with Crippen LogP contribution < -0.4 is 0 Å². The van der Waals surface area contributed by atoms with Crippen molar-refractivity contribution >= 4 is 17.0 Å². The number of rotatable bonds is 3. The van der Waals surface area contributed by atoms with Crippen molar-refractivity contribution in [1.29, 1.82) is 0 Å². The highest BCUT2D eigenvalue weighted by atomic mass is 16.5. The molecule has 0 atom stereocenters. The van der Waals surface area contributed by atoms with Crippen LogP contribution in [0, 0.1) is 0 Å². The van der Waals surface area contributed by atoms with Gasteiger partial charge in [-0.3, -0.25) is 0 Å². The summed E-state index contributed by atoms with van der Waals surface area (Å²) >= 11 is 0. The Kier molecular flexibility index (Phi) is 2.34. The van der Waals surface area contributed by atoms with Crippen LogP contribution >= 0.6 is 0 Å². The number of hydrogen-bond donors (Lipinski definition) is 1. The maximum Gasteiger partial charge on any atom is 0.335 e. The van der Waals surface area contributed by atoms with Gasteiger partial charge in [0, 0.05) is 7.11 Å². The van der Waals surface area contributed by atoms with Gasteiger partial charge in [-0.05, 0) is 18.2 Å². The van der Waals surface area contributed by atoms with Crippen molar-refractivity contribution in [2.75, 3.05) is 7.11 Å². The highest BCUT2D eigenvalue weighted by molar-refractivity contribution is 5.91. The van der Waals surface area contributed by atoms with E-state index in [0.717, 1.165) is 0 Å². The molecular weight excluding hydrogens is 198 g/mol. The first-order chi connectivity index (χ1) is 7.20. The Morgan fingerprint density at radius 2 is 2.20 bits per heavy atom. The number of carbonyl (C=O) groups is 1. The van der Waals surface area contributed by atoms with Crippen LogP contribution in [0.15, 0.2) is 18.2 Å². The van der Waals surface area contributed by atoms with E-state index in [-0.39, 0.29) is 12.3 Å². The van der Waals surface area contributed by atoms with Crippen molar-refractivity contribution in [3.05, 3.63) is 23.8 Å². The maximum atomic E-state index is 10.7. The topological polar surface area (TPSA) is 77.2 Å². The molecule has 0 aliphatic rings. The predicted octanol–water partition coefficient (Wildman–Crippen LogP) is 0.733. The normalized spacial score (nSPS) is 10.7. The molecule has 6 heteroatoms. The molecule has 1 aromatic heterocycles. The highest BCUT2D eigenvalue weighted by Crippen LogP contribution is 2.11. The SMILES string of the molecule is COCn1nc2ccc(C(=O)O)cc2n1. The second-order valence-electron chi connectivity index (χ2n) is 3.00. The lowest BCUT2D eigenvalue weighted by molar-refractivity contribution is 0.0697. The third kappa shape index (κ3) is 1.79. The lowest BCUT2D eigenvalue weighted by Gasteiger charge is -1.93. The smallest absolute Gasteiger partial charge is 0.335 e. The minimum atomic E-state index is -0.974. The summed E-state index contributed by atoms with van der Waals surface area (Å²) < 4.78 is 4.86. The number of aromatic carboxylic acids is 1. The van der Waals surface area contributed by atoms with Gasteiger partial charge in [-0.2, -0.15) is 15.0 Å². The molecule has 0 aliphatic carbocycles. The molecule has 0 radical (unpaired) electrons. The molecule has 0 unspecified atom stereocenters. The quantitative estimate of drug-likeness (QED) is 0.802. The first kappa shape index (κ1) is 9.60. The van der Waals surface area contributed by atoms with Crippen molar-refractivity contribution in [3.8, 4) is 0 Å². The third-order valence-corrected chi connectivity index (χ3v) is 1.91.